The predicted molar refractivity (Wildman–Crippen MR) is 64.4 cm³/mol. The number of aromatic nitrogens is 2. The Labute approximate surface area is 94.1 Å². The van der Waals surface area contributed by atoms with Crippen LogP contribution in [0.25, 0.3) is 10.8 Å². The molecule has 16 heavy (non-hydrogen) atoms. The van der Waals surface area contributed by atoms with Gasteiger partial charge in [-0.15, -0.1) is 5.10 Å². The highest BCUT2D eigenvalue weighted by atomic mass is 15.2. The zero-order valence-electron chi connectivity index (χ0n) is 8.98. The van der Waals surface area contributed by atoms with Crippen molar-refractivity contribution in [1.29, 1.82) is 0 Å². The van der Waals surface area contributed by atoms with Crippen LogP contribution in [0, 0.1) is 0 Å². The Morgan fingerprint density at radius 3 is 3.12 bits per heavy atom. The van der Waals surface area contributed by atoms with Crippen molar-refractivity contribution in [1.82, 2.24) is 15.5 Å². The second kappa shape index (κ2) is 4.06. The standard InChI is InChI=1S/C12H14N4/c1-2-4-11-9(3-1)7-14-16-12(11)15-10-5-6-13-8-10/h1-4,7,10,13H,5-6,8H2,(H,15,16). The van der Waals surface area contributed by atoms with Gasteiger partial charge in [0, 0.05) is 23.4 Å². The van der Waals surface area contributed by atoms with E-state index in [0.717, 1.165) is 36.1 Å². The van der Waals surface area contributed by atoms with Gasteiger partial charge in [0.15, 0.2) is 5.82 Å². The number of anilines is 1. The fourth-order valence-corrected chi connectivity index (χ4v) is 2.11. The van der Waals surface area contributed by atoms with Crippen molar-refractivity contribution in [3.8, 4) is 0 Å². The van der Waals surface area contributed by atoms with Crippen molar-refractivity contribution in [3.63, 3.8) is 0 Å². The molecule has 1 unspecified atom stereocenters. The third-order valence-electron chi connectivity index (χ3n) is 2.97. The van der Waals surface area contributed by atoms with Gasteiger partial charge in [-0.25, -0.2) is 0 Å². The van der Waals surface area contributed by atoms with Crippen molar-refractivity contribution >= 4 is 16.6 Å². The lowest BCUT2D eigenvalue weighted by Crippen LogP contribution is -2.22. The fourth-order valence-electron chi connectivity index (χ4n) is 2.11. The van der Waals surface area contributed by atoms with Crippen molar-refractivity contribution in [3.05, 3.63) is 30.5 Å². The lowest BCUT2D eigenvalue weighted by Gasteiger charge is -2.12. The molecule has 0 radical (unpaired) electrons. The summed E-state index contributed by atoms with van der Waals surface area (Å²) in [6, 6.07) is 8.66. The number of fused-ring (bicyclic) bond motifs is 1. The van der Waals surface area contributed by atoms with E-state index in [1.807, 2.05) is 12.1 Å². The first-order chi connectivity index (χ1) is 7.93. The number of nitrogens with zero attached hydrogens (tertiary/aromatic N) is 2. The van der Waals surface area contributed by atoms with Gasteiger partial charge in [-0.3, -0.25) is 0 Å². The van der Waals surface area contributed by atoms with Crippen molar-refractivity contribution in [2.75, 3.05) is 18.4 Å². The summed E-state index contributed by atoms with van der Waals surface area (Å²) < 4.78 is 0. The molecule has 0 aliphatic carbocycles. The number of benzene rings is 1. The maximum atomic E-state index is 4.18. The first-order valence-electron chi connectivity index (χ1n) is 5.61. The molecule has 4 nitrogen and oxygen atoms in total. The van der Waals surface area contributed by atoms with E-state index in [1.54, 1.807) is 6.20 Å². The zero-order valence-corrected chi connectivity index (χ0v) is 8.98. The van der Waals surface area contributed by atoms with Crippen LogP contribution in [0.4, 0.5) is 5.82 Å². The van der Waals surface area contributed by atoms with Crippen molar-refractivity contribution < 1.29 is 0 Å². The van der Waals surface area contributed by atoms with E-state index < -0.39 is 0 Å². The summed E-state index contributed by atoms with van der Waals surface area (Å²) in [5.41, 5.74) is 0. The van der Waals surface area contributed by atoms with Gasteiger partial charge in [0.05, 0.1) is 6.20 Å². The van der Waals surface area contributed by atoms with Crippen LogP contribution in [0.1, 0.15) is 6.42 Å². The quantitative estimate of drug-likeness (QED) is 0.793. The van der Waals surface area contributed by atoms with Gasteiger partial charge in [0.25, 0.3) is 0 Å². The minimum atomic E-state index is 0.472. The maximum Gasteiger partial charge on any atom is 0.156 e. The van der Waals surface area contributed by atoms with Crippen molar-refractivity contribution in [2.45, 2.75) is 12.5 Å². The van der Waals surface area contributed by atoms with Crippen LogP contribution in [0.3, 0.4) is 0 Å². The predicted octanol–water partition coefficient (Wildman–Crippen LogP) is 1.40. The molecule has 1 fully saturated rings. The third kappa shape index (κ3) is 1.72. The van der Waals surface area contributed by atoms with Crippen LogP contribution in [-0.4, -0.2) is 29.3 Å². The molecule has 2 aromatic rings. The SMILES string of the molecule is c1ccc2c(NC3CCNC3)nncc2c1. The summed E-state index contributed by atoms with van der Waals surface area (Å²) in [5, 5.41) is 17.3. The van der Waals surface area contributed by atoms with Gasteiger partial charge >= 0.3 is 0 Å². The van der Waals surface area contributed by atoms with Gasteiger partial charge in [0.2, 0.25) is 0 Å². The highest BCUT2D eigenvalue weighted by molar-refractivity contribution is 5.90. The first-order valence-corrected chi connectivity index (χ1v) is 5.61. The lowest BCUT2D eigenvalue weighted by atomic mass is 10.2. The smallest absolute Gasteiger partial charge is 0.156 e. The third-order valence-corrected chi connectivity index (χ3v) is 2.97. The molecule has 1 aromatic carbocycles. The van der Waals surface area contributed by atoms with E-state index in [4.69, 9.17) is 0 Å². The van der Waals surface area contributed by atoms with Crippen LogP contribution in [0.5, 0.6) is 0 Å². The fraction of sp³-hybridized carbons (Fsp3) is 0.333. The Morgan fingerprint density at radius 1 is 1.31 bits per heavy atom. The summed E-state index contributed by atoms with van der Waals surface area (Å²) in [7, 11) is 0. The molecule has 1 aromatic heterocycles. The molecule has 1 aliphatic heterocycles. The van der Waals surface area contributed by atoms with Gasteiger partial charge in [-0.05, 0) is 13.0 Å². The van der Waals surface area contributed by atoms with E-state index in [0.29, 0.717) is 6.04 Å². The van der Waals surface area contributed by atoms with Crippen LogP contribution < -0.4 is 10.6 Å². The van der Waals surface area contributed by atoms with Crippen LogP contribution in [0.15, 0.2) is 30.5 Å². The number of hydrogen-bond donors (Lipinski definition) is 2. The summed E-state index contributed by atoms with van der Waals surface area (Å²) in [4.78, 5) is 0. The van der Waals surface area contributed by atoms with Gasteiger partial charge < -0.3 is 10.6 Å². The monoisotopic (exact) mass is 214 g/mol. The summed E-state index contributed by atoms with van der Waals surface area (Å²) >= 11 is 0. The second-order valence-electron chi connectivity index (χ2n) is 4.11. The Morgan fingerprint density at radius 2 is 2.25 bits per heavy atom. The van der Waals surface area contributed by atoms with Crippen LogP contribution in [0.2, 0.25) is 0 Å². The Balaban J connectivity index is 1.96. The van der Waals surface area contributed by atoms with Crippen LogP contribution >= 0.6 is 0 Å². The van der Waals surface area contributed by atoms with Crippen molar-refractivity contribution in [2.24, 2.45) is 0 Å². The second-order valence-corrected chi connectivity index (χ2v) is 4.11. The molecule has 1 aliphatic rings. The zero-order chi connectivity index (χ0) is 10.8. The van der Waals surface area contributed by atoms with Gasteiger partial charge in [-0.2, -0.15) is 5.10 Å². The highest BCUT2D eigenvalue weighted by Gasteiger charge is 2.15. The molecule has 0 saturated carbocycles. The summed E-state index contributed by atoms with van der Waals surface area (Å²) in [5.74, 6) is 0.895. The van der Waals surface area contributed by atoms with E-state index in [1.165, 1.54) is 0 Å². The number of hydrogen-bond acceptors (Lipinski definition) is 4. The molecule has 4 heteroatoms. The molecule has 3 rings (SSSR count). The van der Waals surface area contributed by atoms with E-state index in [-0.39, 0.29) is 0 Å². The topological polar surface area (TPSA) is 49.8 Å². The molecule has 0 bridgehead atoms. The Bertz CT molecular complexity index is 486. The van der Waals surface area contributed by atoms with E-state index in [2.05, 4.69) is 33.0 Å². The molecule has 82 valence electrons. The average Bonchev–Trinajstić information content (AvgIpc) is 2.82. The van der Waals surface area contributed by atoms with E-state index in [9.17, 15) is 0 Å². The summed E-state index contributed by atoms with van der Waals surface area (Å²) in [6.45, 7) is 2.08. The first kappa shape index (κ1) is 9.54. The molecule has 2 N–H and O–H groups in total. The van der Waals surface area contributed by atoms with Crippen LogP contribution in [-0.2, 0) is 0 Å². The number of nitrogens with one attached hydrogen (secondary N) is 2. The molecular formula is C12H14N4. The molecule has 0 spiro atoms. The van der Waals surface area contributed by atoms with Gasteiger partial charge in [-0.1, -0.05) is 24.3 Å². The Kier molecular flexibility index (Phi) is 2.42. The minimum absolute atomic E-state index is 0.472. The molecular weight excluding hydrogens is 200 g/mol. The lowest BCUT2D eigenvalue weighted by molar-refractivity contribution is 0.785. The highest BCUT2D eigenvalue weighted by Crippen LogP contribution is 2.20. The maximum absolute atomic E-state index is 4.18. The minimum Gasteiger partial charge on any atom is -0.364 e. The Hall–Kier alpha value is -1.68. The van der Waals surface area contributed by atoms with Gasteiger partial charge in [0.1, 0.15) is 0 Å². The van der Waals surface area contributed by atoms with E-state index >= 15 is 0 Å². The molecule has 2 heterocycles. The number of rotatable bonds is 2. The molecule has 1 atom stereocenters. The molecule has 0 amide bonds. The normalized spacial score (nSPS) is 20.1. The largest absolute Gasteiger partial charge is 0.364 e. The average molecular weight is 214 g/mol. The summed E-state index contributed by atoms with van der Waals surface area (Å²) in [6.07, 6.45) is 2.94. The molecule has 1 saturated heterocycles.